The van der Waals surface area contributed by atoms with E-state index in [9.17, 15) is 9.59 Å². The fraction of sp³-hybridized carbons (Fsp3) is 0.238. The molecule has 1 aliphatic rings. The molecule has 6 nitrogen and oxygen atoms in total. The summed E-state index contributed by atoms with van der Waals surface area (Å²) in [5.41, 5.74) is 2.51. The van der Waals surface area contributed by atoms with Crippen molar-refractivity contribution < 1.29 is 14.3 Å². The Morgan fingerprint density at radius 2 is 1.81 bits per heavy atom. The van der Waals surface area contributed by atoms with Crippen LogP contribution in [0.4, 0.5) is 10.5 Å². The van der Waals surface area contributed by atoms with E-state index in [0.29, 0.717) is 23.6 Å². The Bertz CT molecular complexity index is 845. The van der Waals surface area contributed by atoms with Gasteiger partial charge in [-0.25, -0.2) is 4.79 Å². The highest BCUT2D eigenvalue weighted by Crippen LogP contribution is 2.29. The molecule has 3 rings (SSSR count). The quantitative estimate of drug-likeness (QED) is 0.729. The summed E-state index contributed by atoms with van der Waals surface area (Å²) in [5, 5.41) is 8.40. The molecule has 0 unspecified atom stereocenters. The molecule has 0 saturated heterocycles. The number of amides is 3. The van der Waals surface area contributed by atoms with Gasteiger partial charge in [0, 0.05) is 11.4 Å². The van der Waals surface area contributed by atoms with Gasteiger partial charge in [-0.3, -0.25) is 4.79 Å². The average molecular weight is 365 g/mol. The van der Waals surface area contributed by atoms with Crippen LogP contribution in [0.15, 0.2) is 65.9 Å². The lowest BCUT2D eigenvalue weighted by Crippen LogP contribution is -2.45. The van der Waals surface area contributed by atoms with E-state index < -0.39 is 6.04 Å². The zero-order valence-corrected chi connectivity index (χ0v) is 15.4. The Kier molecular flexibility index (Phi) is 5.76. The molecule has 0 aliphatic carbocycles. The molecule has 1 atom stereocenters. The third-order valence-corrected chi connectivity index (χ3v) is 4.23. The van der Waals surface area contributed by atoms with Gasteiger partial charge in [0.2, 0.25) is 0 Å². The van der Waals surface area contributed by atoms with Crippen molar-refractivity contribution >= 4 is 17.6 Å². The molecule has 0 bridgehead atoms. The van der Waals surface area contributed by atoms with Crippen LogP contribution in [0, 0.1) is 0 Å². The number of allylic oxidation sites excluding steroid dienone is 1. The maximum atomic E-state index is 12.9. The van der Waals surface area contributed by atoms with Gasteiger partial charge in [0.15, 0.2) is 0 Å². The lowest BCUT2D eigenvalue weighted by atomic mass is 9.94. The van der Waals surface area contributed by atoms with Crippen LogP contribution in [0.1, 0.15) is 31.9 Å². The molecule has 140 valence electrons. The Balaban J connectivity index is 1.86. The highest BCUT2D eigenvalue weighted by atomic mass is 16.5. The number of hydrogen-bond donors (Lipinski definition) is 3. The second kappa shape index (κ2) is 8.40. The van der Waals surface area contributed by atoms with Crippen molar-refractivity contribution in [2.24, 2.45) is 0 Å². The van der Waals surface area contributed by atoms with Crippen LogP contribution in [-0.2, 0) is 4.79 Å². The number of carbonyl (C=O) groups is 2. The molecule has 0 spiro atoms. The van der Waals surface area contributed by atoms with Crippen molar-refractivity contribution in [3.8, 4) is 5.75 Å². The number of anilines is 1. The van der Waals surface area contributed by atoms with Crippen LogP contribution in [-0.4, -0.2) is 18.5 Å². The highest BCUT2D eigenvalue weighted by molar-refractivity contribution is 6.06. The zero-order valence-electron chi connectivity index (χ0n) is 15.4. The van der Waals surface area contributed by atoms with Gasteiger partial charge < -0.3 is 20.7 Å². The molecule has 0 aromatic heterocycles. The van der Waals surface area contributed by atoms with Crippen molar-refractivity contribution in [2.45, 2.75) is 26.3 Å². The van der Waals surface area contributed by atoms with Gasteiger partial charge in [0.1, 0.15) is 5.75 Å². The standard InChI is InChI=1S/C21H23N3O3/c1-3-13-27-17-11-9-15(10-12-17)19-18(14(2)22-21(26)24-19)20(25)23-16-7-5-4-6-8-16/h4-12,19H,3,13H2,1-2H3,(H,23,25)(H2,22,24,26)/t19-/m1/s1. The van der Waals surface area contributed by atoms with E-state index in [4.69, 9.17) is 4.74 Å². The van der Waals surface area contributed by atoms with E-state index in [1.807, 2.05) is 61.5 Å². The lowest BCUT2D eigenvalue weighted by molar-refractivity contribution is -0.113. The second-order valence-electron chi connectivity index (χ2n) is 6.31. The zero-order chi connectivity index (χ0) is 19.2. The van der Waals surface area contributed by atoms with E-state index in [1.165, 1.54) is 0 Å². The predicted octanol–water partition coefficient (Wildman–Crippen LogP) is 3.74. The van der Waals surface area contributed by atoms with Gasteiger partial charge in [0.05, 0.1) is 18.2 Å². The Hall–Kier alpha value is -3.28. The third-order valence-electron chi connectivity index (χ3n) is 4.23. The molecule has 0 fully saturated rings. The minimum Gasteiger partial charge on any atom is -0.494 e. The van der Waals surface area contributed by atoms with Crippen LogP contribution in [0.2, 0.25) is 0 Å². The minimum atomic E-state index is -0.539. The number of ether oxygens (including phenoxy) is 1. The van der Waals surface area contributed by atoms with Crippen molar-refractivity contribution in [2.75, 3.05) is 11.9 Å². The summed E-state index contributed by atoms with van der Waals surface area (Å²) >= 11 is 0. The lowest BCUT2D eigenvalue weighted by Gasteiger charge is -2.28. The first-order valence-electron chi connectivity index (χ1n) is 8.96. The summed E-state index contributed by atoms with van der Waals surface area (Å²) in [7, 11) is 0. The number of benzene rings is 2. The van der Waals surface area contributed by atoms with E-state index in [1.54, 1.807) is 6.92 Å². The first-order chi connectivity index (χ1) is 13.1. The normalized spacial score (nSPS) is 16.4. The molecule has 27 heavy (non-hydrogen) atoms. The van der Waals surface area contributed by atoms with Gasteiger partial charge in [-0.2, -0.15) is 0 Å². The molecule has 3 N–H and O–H groups in total. The molecule has 2 aromatic rings. The Morgan fingerprint density at radius 3 is 2.48 bits per heavy atom. The van der Waals surface area contributed by atoms with Gasteiger partial charge in [-0.05, 0) is 43.2 Å². The summed E-state index contributed by atoms with van der Waals surface area (Å²) in [6.07, 6.45) is 0.928. The first kappa shape index (κ1) is 18.5. The summed E-state index contributed by atoms with van der Waals surface area (Å²) < 4.78 is 5.60. The fourth-order valence-corrected chi connectivity index (χ4v) is 2.94. The number of hydrogen-bond acceptors (Lipinski definition) is 3. The maximum Gasteiger partial charge on any atom is 0.319 e. The number of urea groups is 1. The number of nitrogens with one attached hydrogen (secondary N) is 3. The molecular formula is C21H23N3O3. The van der Waals surface area contributed by atoms with Crippen molar-refractivity contribution in [1.82, 2.24) is 10.6 Å². The maximum absolute atomic E-state index is 12.9. The Labute approximate surface area is 158 Å². The van der Waals surface area contributed by atoms with Crippen LogP contribution >= 0.6 is 0 Å². The molecule has 0 saturated carbocycles. The Morgan fingerprint density at radius 1 is 1.11 bits per heavy atom. The van der Waals surface area contributed by atoms with Gasteiger partial charge in [-0.15, -0.1) is 0 Å². The smallest absolute Gasteiger partial charge is 0.319 e. The predicted molar refractivity (Wildman–Crippen MR) is 104 cm³/mol. The highest BCUT2D eigenvalue weighted by Gasteiger charge is 2.31. The van der Waals surface area contributed by atoms with Gasteiger partial charge >= 0.3 is 6.03 Å². The third kappa shape index (κ3) is 4.47. The molecular weight excluding hydrogens is 342 g/mol. The molecule has 6 heteroatoms. The molecule has 2 aromatic carbocycles. The van der Waals surface area contributed by atoms with Gasteiger partial charge in [-0.1, -0.05) is 37.3 Å². The van der Waals surface area contributed by atoms with E-state index >= 15 is 0 Å². The minimum absolute atomic E-state index is 0.262. The van der Waals surface area contributed by atoms with Gasteiger partial charge in [0.25, 0.3) is 5.91 Å². The van der Waals surface area contributed by atoms with E-state index in [0.717, 1.165) is 17.7 Å². The van der Waals surface area contributed by atoms with Crippen molar-refractivity contribution in [3.63, 3.8) is 0 Å². The first-order valence-corrected chi connectivity index (χ1v) is 8.96. The topological polar surface area (TPSA) is 79.5 Å². The van der Waals surface area contributed by atoms with Crippen molar-refractivity contribution in [3.05, 3.63) is 71.4 Å². The van der Waals surface area contributed by atoms with Crippen LogP contribution < -0.4 is 20.7 Å². The van der Waals surface area contributed by atoms with E-state index in [-0.39, 0.29) is 11.9 Å². The molecule has 3 amide bonds. The van der Waals surface area contributed by atoms with Crippen LogP contribution in [0.5, 0.6) is 5.75 Å². The van der Waals surface area contributed by atoms with Crippen LogP contribution in [0.3, 0.4) is 0 Å². The summed E-state index contributed by atoms with van der Waals surface area (Å²) in [6.45, 7) is 4.42. The fourth-order valence-electron chi connectivity index (χ4n) is 2.94. The summed E-state index contributed by atoms with van der Waals surface area (Å²) in [5.74, 6) is 0.499. The summed E-state index contributed by atoms with van der Waals surface area (Å²) in [4.78, 5) is 24.9. The largest absolute Gasteiger partial charge is 0.494 e. The number of para-hydroxylation sites is 1. The SMILES string of the molecule is CCCOc1ccc([C@H]2NC(=O)NC(C)=C2C(=O)Nc2ccccc2)cc1. The molecule has 1 heterocycles. The monoisotopic (exact) mass is 365 g/mol. The average Bonchev–Trinajstić information content (AvgIpc) is 2.67. The molecule has 1 aliphatic heterocycles. The van der Waals surface area contributed by atoms with Crippen LogP contribution in [0.25, 0.3) is 0 Å². The van der Waals surface area contributed by atoms with Crippen molar-refractivity contribution in [1.29, 1.82) is 0 Å². The summed E-state index contributed by atoms with van der Waals surface area (Å²) in [6, 6.07) is 15.8. The molecule has 0 radical (unpaired) electrons. The second-order valence-corrected chi connectivity index (χ2v) is 6.31. The number of carbonyl (C=O) groups excluding carboxylic acids is 2. The number of rotatable bonds is 6. The van der Waals surface area contributed by atoms with E-state index in [2.05, 4.69) is 16.0 Å².